The van der Waals surface area contributed by atoms with Crippen molar-refractivity contribution in [3.63, 3.8) is 0 Å². The zero-order valence-corrected chi connectivity index (χ0v) is 12.0. The van der Waals surface area contributed by atoms with Gasteiger partial charge in [-0.1, -0.05) is 57.6 Å². The average molecular weight is 284 g/mol. The predicted octanol–water partition coefficient (Wildman–Crippen LogP) is 4.14. The van der Waals surface area contributed by atoms with Crippen molar-refractivity contribution in [3.05, 3.63) is 12.2 Å². The van der Waals surface area contributed by atoms with Gasteiger partial charge in [0, 0.05) is 6.42 Å². The van der Waals surface area contributed by atoms with Crippen LogP contribution in [0.3, 0.4) is 0 Å². The molecule has 3 heteroatoms. The number of aliphatic carboxylic acids is 1. The molecule has 0 aliphatic carbocycles. The van der Waals surface area contributed by atoms with Crippen molar-refractivity contribution >= 4 is 23.3 Å². The molecule has 0 fully saturated rings. The van der Waals surface area contributed by atoms with Crippen molar-refractivity contribution < 1.29 is 9.90 Å². The second kappa shape index (κ2) is 17.7. The molecule has 0 amide bonds. The van der Waals surface area contributed by atoms with E-state index in [1.165, 1.54) is 57.8 Å². The maximum Gasteiger partial charge on any atom is 0.303 e. The third kappa shape index (κ3) is 20.2. The van der Waals surface area contributed by atoms with Crippen LogP contribution in [0.1, 0.15) is 84.0 Å². The summed E-state index contributed by atoms with van der Waals surface area (Å²) in [6.45, 7) is 2.24. The van der Waals surface area contributed by atoms with Crippen LogP contribution in [-0.4, -0.2) is 28.4 Å². The molecule has 0 aromatic heterocycles. The summed E-state index contributed by atoms with van der Waals surface area (Å²) in [6.07, 6.45) is 18.3. The van der Waals surface area contributed by atoms with Crippen molar-refractivity contribution in [1.29, 1.82) is 0 Å². The Labute approximate surface area is 129 Å². The first-order chi connectivity index (χ1) is 8.77. The Kier molecular flexibility index (Phi) is 19.7. The quantitative estimate of drug-likeness (QED) is 0.313. The summed E-state index contributed by atoms with van der Waals surface area (Å²) in [5.74, 6) is -0.666. The van der Waals surface area contributed by atoms with Gasteiger partial charge in [0.2, 0.25) is 0 Å². The zero-order chi connectivity index (χ0) is 13.5. The third-order valence-electron chi connectivity index (χ3n) is 3.15. The number of carboxylic acid groups (broad SMARTS) is 1. The lowest BCUT2D eigenvalue weighted by molar-refractivity contribution is -0.137. The molecular formula is C16H33AlO2. The Balaban J connectivity index is 0. The first-order valence-electron chi connectivity index (χ1n) is 7.64. The first-order valence-corrected chi connectivity index (χ1v) is 7.64. The van der Waals surface area contributed by atoms with Crippen molar-refractivity contribution in [2.75, 3.05) is 0 Å². The van der Waals surface area contributed by atoms with Gasteiger partial charge in [0.25, 0.3) is 0 Å². The molecule has 0 aliphatic heterocycles. The maximum absolute atomic E-state index is 10.3. The smallest absolute Gasteiger partial charge is 0.303 e. The fourth-order valence-electron chi connectivity index (χ4n) is 1.99. The number of rotatable bonds is 13. The molecule has 2 nitrogen and oxygen atoms in total. The molecule has 112 valence electrons. The molecule has 0 aromatic carbocycles. The number of unbranched alkanes of at least 4 members (excludes halogenated alkanes) is 9. The van der Waals surface area contributed by atoms with Crippen molar-refractivity contribution in [2.24, 2.45) is 0 Å². The van der Waals surface area contributed by atoms with Gasteiger partial charge in [-0.05, 0) is 32.1 Å². The van der Waals surface area contributed by atoms with E-state index >= 15 is 0 Å². The maximum atomic E-state index is 10.3. The fraction of sp³-hybridized carbons (Fsp3) is 0.812. The summed E-state index contributed by atoms with van der Waals surface area (Å²) in [5, 5.41) is 8.48. The minimum Gasteiger partial charge on any atom is -0.481 e. The van der Waals surface area contributed by atoms with E-state index in [4.69, 9.17) is 5.11 Å². The van der Waals surface area contributed by atoms with Gasteiger partial charge in [-0.15, -0.1) is 0 Å². The van der Waals surface area contributed by atoms with Crippen molar-refractivity contribution in [3.8, 4) is 0 Å². The minimum atomic E-state index is -0.666. The molecule has 0 bridgehead atoms. The Morgan fingerprint density at radius 3 is 1.84 bits per heavy atom. The van der Waals surface area contributed by atoms with Gasteiger partial charge in [-0.2, -0.15) is 0 Å². The Morgan fingerprint density at radius 1 is 0.842 bits per heavy atom. The molecule has 1 N–H and O–H groups in total. The summed E-state index contributed by atoms with van der Waals surface area (Å²) in [6, 6.07) is 0. The van der Waals surface area contributed by atoms with Crippen LogP contribution in [0.2, 0.25) is 0 Å². The summed E-state index contributed by atoms with van der Waals surface area (Å²) in [5.41, 5.74) is 0. The minimum absolute atomic E-state index is 0. The second-order valence-corrected chi connectivity index (χ2v) is 5.02. The zero-order valence-electron chi connectivity index (χ0n) is 12.0. The largest absolute Gasteiger partial charge is 0.481 e. The van der Waals surface area contributed by atoms with Gasteiger partial charge in [0.05, 0.1) is 0 Å². The van der Waals surface area contributed by atoms with Crippen LogP contribution < -0.4 is 0 Å². The molecule has 0 heterocycles. The van der Waals surface area contributed by atoms with Crippen LogP contribution >= 0.6 is 0 Å². The molecule has 0 saturated carbocycles. The van der Waals surface area contributed by atoms with Crippen LogP contribution in [0.15, 0.2) is 12.2 Å². The van der Waals surface area contributed by atoms with Crippen LogP contribution in [0.4, 0.5) is 0 Å². The number of hydrogen-bond donors (Lipinski definition) is 1. The Bertz CT molecular complexity index is 215. The number of hydrogen-bond acceptors (Lipinski definition) is 1. The first kappa shape index (κ1) is 21.0. The summed E-state index contributed by atoms with van der Waals surface area (Å²) >= 11 is 0. The van der Waals surface area contributed by atoms with Crippen LogP contribution in [0.25, 0.3) is 0 Å². The molecule has 0 atom stereocenters. The topological polar surface area (TPSA) is 37.3 Å². The van der Waals surface area contributed by atoms with E-state index in [1.807, 2.05) is 0 Å². The van der Waals surface area contributed by atoms with Crippen molar-refractivity contribution in [2.45, 2.75) is 84.0 Å². The van der Waals surface area contributed by atoms with E-state index in [9.17, 15) is 4.79 Å². The van der Waals surface area contributed by atoms with E-state index in [2.05, 4.69) is 19.1 Å². The van der Waals surface area contributed by atoms with E-state index in [-0.39, 0.29) is 17.4 Å². The van der Waals surface area contributed by atoms with E-state index < -0.39 is 5.97 Å². The van der Waals surface area contributed by atoms with E-state index in [1.54, 1.807) is 0 Å². The van der Waals surface area contributed by atoms with Gasteiger partial charge in [0.15, 0.2) is 17.4 Å². The highest BCUT2D eigenvalue weighted by molar-refractivity contribution is 5.75. The standard InChI is InChI=1S/C16H30O2.Al.3H/c1-2-3-4-5-6-7-8-9-10-11-12-13-14-15-16(17)18;;;;/h7-8H,2-6,9-15H2,1H3,(H,17,18);;;;/b8-7-;;;;. The predicted molar refractivity (Wildman–Crippen MR) is 87.8 cm³/mol. The van der Waals surface area contributed by atoms with Gasteiger partial charge in [-0.3, -0.25) is 4.79 Å². The molecule has 0 aromatic rings. The molecular weight excluding hydrogens is 251 g/mol. The van der Waals surface area contributed by atoms with Crippen LogP contribution in [-0.2, 0) is 4.79 Å². The van der Waals surface area contributed by atoms with E-state index in [0.29, 0.717) is 6.42 Å². The lowest BCUT2D eigenvalue weighted by atomic mass is 10.1. The summed E-state index contributed by atoms with van der Waals surface area (Å²) in [4.78, 5) is 10.3. The monoisotopic (exact) mass is 284 g/mol. The second-order valence-electron chi connectivity index (χ2n) is 5.02. The molecule has 0 unspecified atom stereocenters. The number of carboxylic acids is 1. The summed E-state index contributed by atoms with van der Waals surface area (Å²) in [7, 11) is 0. The SMILES string of the molecule is CCCCCC/C=C\CCCCCCCC(=O)O.[AlH3]. The van der Waals surface area contributed by atoms with Crippen LogP contribution in [0.5, 0.6) is 0 Å². The lowest BCUT2D eigenvalue weighted by Crippen LogP contribution is -1.93. The summed E-state index contributed by atoms with van der Waals surface area (Å²) < 4.78 is 0. The van der Waals surface area contributed by atoms with Crippen molar-refractivity contribution in [1.82, 2.24) is 0 Å². The molecule has 0 spiro atoms. The highest BCUT2D eigenvalue weighted by Crippen LogP contribution is 2.08. The van der Waals surface area contributed by atoms with Gasteiger partial charge in [0.1, 0.15) is 0 Å². The molecule has 0 aliphatic rings. The van der Waals surface area contributed by atoms with E-state index in [0.717, 1.165) is 12.8 Å². The molecule has 19 heavy (non-hydrogen) atoms. The van der Waals surface area contributed by atoms with Gasteiger partial charge >= 0.3 is 5.97 Å². The molecule has 0 radical (unpaired) electrons. The Hall–Kier alpha value is -0.258. The fourth-order valence-corrected chi connectivity index (χ4v) is 1.99. The normalized spacial score (nSPS) is 10.6. The van der Waals surface area contributed by atoms with Gasteiger partial charge < -0.3 is 5.11 Å². The number of allylic oxidation sites excluding steroid dienone is 2. The lowest BCUT2D eigenvalue weighted by Gasteiger charge is -1.98. The molecule has 0 saturated heterocycles. The highest BCUT2D eigenvalue weighted by Gasteiger charge is 1.95. The number of carbonyl (C=O) groups is 1. The molecule has 0 rings (SSSR count). The third-order valence-corrected chi connectivity index (χ3v) is 3.15. The highest BCUT2D eigenvalue weighted by atomic mass is 27.0. The Morgan fingerprint density at radius 2 is 1.32 bits per heavy atom. The van der Waals surface area contributed by atoms with Crippen LogP contribution in [0, 0.1) is 0 Å². The van der Waals surface area contributed by atoms with Gasteiger partial charge in [-0.25, -0.2) is 0 Å². The average Bonchev–Trinajstić information content (AvgIpc) is 2.34.